The van der Waals surface area contributed by atoms with Crippen molar-refractivity contribution in [1.29, 1.82) is 0 Å². The molecule has 36 heavy (non-hydrogen) atoms. The first-order valence-corrected chi connectivity index (χ1v) is 12.8. The van der Waals surface area contributed by atoms with Gasteiger partial charge in [0.25, 0.3) is 0 Å². The lowest BCUT2D eigenvalue weighted by molar-refractivity contribution is -0.138. The number of rotatable bonds is 7. The zero-order valence-corrected chi connectivity index (χ0v) is 21.6. The highest BCUT2D eigenvalue weighted by molar-refractivity contribution is 5.85. The molecule has 3 heterocycles. The largest absolute Gasteiger partial charge is 0.508 e. The summed E-state index contributed by atoms with van der Waals surface area (Å²) in [5.74, 6) is 0.422. The predicted octanol–water partition coefficient (Wildman–Crippen LogP) is 4.26. The summed E-state index contributed by atoms with van der Waals surface area (Å²) >= 11 is 0. The average Bonchev–Trinajstić information content (AvgIpc) is 3.12. The van der Waals surface area contributed by atoms with Crippen molar-refractivity contribution in [2.75, 3.05) is 26.2 Å². The van der Waals surface area contributed by atoms with Gasteiger partial charge in [0.05, 0.1) is 11.5 Å². The van der Waals surface area contributed by atoms with Gasteiger partial charge in [0, 0.05) is 37.6 Å². The first kappa shape index (κ1) is 25.9. The van der Waals surface area contributed by atoms with Crippen LogP contribution in [-0.4, -0.2) is 63.7 Å². The summed E-state index contributed by atoms with van der Waals surface area (Å²) in [5, 5.41) is 13.4. The number of aromatic hydroxyl groups is 1. The Morgan fingerprint density at radius 3 is 2.53 bits per heavy atom. The third-order valence-electron chi connectivity index (χ3n) is 7.25. The second-order valence-electron chi connectivity index (χ2n) is 11.0. The van der Waals surface area contributed by atoms with E-state index in [4.69, 9.17) is 4.74 Å². The van der Waals surface area contributed by atoms with Crippen LogP contribution in [0.15, 0.2) is 48.8 Å². The van der Waals surface area contributed by atoms with E-state index in [1.54, 1.807) is 18.3 Å². The molecule has 2 amide bonds. The Bertz CT molecular complexity index is 1050. The number of para-hydroxylation sites is 1. The number of piperidine rings is 1. The summed E-state index contributed by atoms with van der Waals surface area (Å²) < 4.78 is 5.46. The van der Waals surface area contributed by atoms with Crippen LogP contribution >= 0.6 is 0 Å². The number of carbonyl (C=O) groups is 2. The molecule has 2 fully saturated rings. The van der Waals surface area contributed by atoms with Crippen molar-refractivity contribution < 1.29 is 19.4 Å². The van der Waals surface area contributed by atoms with Gasteiger partial charge in [0.1, 0.15) is 11.4 Å². The molecular weight excluding hydrogens is 456 g/mol. The molecular formula is C28H38N4O4. The second-order valence-corrected chi connectivity index (χ2v) is 11.0. The molecule has 0 saturated carbocycles. The Hall–Kier alpha value is -3.13. The number of hydrogen-bond donors (Lipinski definition) is 2. The van der Waals surface area contributed by atoms with Crippen molar-refractivity contribution in [2.24, 2.45) is 5.41 Å². The molecule has 4 rings (SSSR count). The molecule has 8 nitrogen and oxygen atoms in total. The average molecular weight is 495 g/mol. The van der Waals surface area contributed by atoms with Crippen molar-refractivity contribution in [2.45, 2.75) is 64.6 Å². The van der Waals surface area contributed by atoms with Crippen LogP contribution in [-0.2, 0) is 16.1 Å². The molecule has 2 N–H and O–H groups in total. The van der Waals surface area contributed by atoms with E-state index < -0.39 is 11.7 Å². The van der Waals surface area contributed by atoms with Crippen LogP contribution in [0, 0.1) is 5.41 Å². The zero-order valence-electron chi connectivity index (χ0n) is 21.6. The number of phenolic OH excluding ortho intramolecular Hbond substituents is 1. The maximum Gasteiger partial charge on any atom is 0.408 e. The molecule has 1 aromatic carbocycles. The highest BCUT2D eigenvalue weighted by Gasteiger charge is 2.47. The number of nitrogens with one attached hydrogen (secondary N) is 1. The third-order valence-corrected chi connectivity index (χ3v) is 7.25. The number of nitrogens with zero attached hydrogens (tertiary/aromatic N) is 3. The van der Waals surface area contributed by atoms with Crippen LogP contribution in [0.4, 0.5) is 4.79 Å². The molecule has 2 aromatic rings. The molecule has 0 radical (unpaired) electrons. The number of ether oxygens (including phenoxy) is 1. The lowest BCUT2D eigenvalue weighted by atomic mass is 9.77. The third kappa shape index (κ3) is 6.35. The summed E-state index contributed by atoms with van der Waals surface area (Å²) in [7, 11) is 0. The van der Waals surface area contributed by atoms with Gasteiger partial charge in [-0.15, -0.1) is 0 Å². The van der Waals surface area contributed by atoms with Crippen LogP contribution in [0.2, 0.25) is 0 Å². The Balaban J connectivity index is 1.33. The molecule has 2 aliphatic rings. The number of phenols is 1. The quantitative estimate of drug-likeness (QED) is 0.597. The van der Waals surface area contributed by atoms with Gasteiger partial charge in [-0.25, -0.2) is 4.79 Å². The first-order valence-electron chi connectivity index (χ1n) is 12.8. The van der Waals surface area contributed by atoms with Crippen LogP contribution in [0.5, 0.6) is 5.75 Å². The number of benzene rings is 1. The number of hydrogen-bond acceptors (Lipinski definition) is 6. The summed E-state index contributed by atoms with van der Waals surface area (Å²) in [4.78, 5) is 34.3. The second kappa shape index (κ2) is 10.9. The minimum absolute atomic E-state index is 0.154. The molecule has 194 valence electrons. The maximum atomic E-state index is 13.3. The fraction of sp³-hybridized carbons (Fsp3) is 0.536. The molecule has 1 spiro atoms. The molecule has 1 atom stereocenters. The minimum atomic E-state index is -0.604. The van der Waals surface area contributed by atoms with Gasteiger partial charge in [-0.1, -0.05) is 24.3 Å². The van der Waals surface area contributed by atoms with Gasteiger partial charge < -0.3 is 25.0 Å². The molecule has 0 bridgehead atoms. The van der Waals surface area contributed by atoms with Crippen LogP contribution in [0.1, 0.15) is 63.6 Å². The van der Waals surface area contributed by atoms with Crippen molar-refractivity contribution in [3.8, 4) is 5.75 Å². The molecule has 2 saturated heterocycles. The minimum Gasteiger partial charge on any atom is -0.508 e. The highest BCUT2D eigenvalue weighted by Crippen LogP contribution is 2.42. The Morgan fingerprint density at radius 2 is 1.86 bits per heavy atom. The smallest absolute Gasteiger partial charge is 0.408 e. The molecule has 0 aliphatic carbocycles. The molecule has 1 unspecified atom stereocenters. The summed E-state index contributed by atoms with van der Waals surface area (Å²) in [6.07, 6.45) is 6.29. The number of aromatic nitrogens is 1. The van der Waals surface area contributed by atoms with Gasteiger partial charge in [-0.2, -0.15) is 0 Å². The van der Waals surface area contributed by atoms with Crippen LogP contribution in [0.25, 0.3) is 0 Å². The van der Waals surface area contributed by atoms with E-state index in [0.29, 0.717) is 18.5 Å². The molecule has 2 aliphatic heterocycles. The van der Waals surface area contributed by atoms with Gasteiger partial charge >= 0.3 is 6.09 Å². The van der Waals surface area contributed by atoms with E-state index in [1.807, 2.05) is 56.1 Å². The van der Waals surface area contributed by atoms with Gasteiger partial charge in [0.15, 0.2) is 0 Å². The van der Waals surface area contributed by atoms with Crippen molar-refractivity contribution in [1.82, 2.24) is 20.1 Å². The Kier molecular flexibility index (Phi) is 7.83. The fourth-order valence-electron chi connectivity index (χ4n) is 5.27. The number of likely N-dealkylation sites (tertiary alicyclic amines) is 2. The van der Waals surface area contributed by atoms with Crippen LogP contribution in [0.3, 0.4) is 0 Å². The summed E-state index contributed by atoms with van der Waals surface area (Å²) in [6.45, 7) is 9.32. The van der Waals surface area contributed by atoms with Gasteiger partial charge in [-0.3, -0.25) is 9.78 Å². The number of pyridine rings is 1. The SMILES string of the molecule is CC(C)(C)OC(=O)NC(CCN1CCC2(CC1)CCN(Cc1cccnc1)C2=O)c1ccccc1O. The number of amides is 2. The first-order chi connectivity index (χ1) is 17.2. The lowest BCUT2D eigenvalue weighted by Crippen LogP contribution is -2.45. The van der Waals surface area contributed by atoms with E-state index >= 15 is 0 Å². The van der Waals surface area contributed by atoms with Crippen molar-refractivity contribution in [3.63, 3.8) is 0 Å². The maximum absolute atomic E-state index is 13.3. The van der Waals surface area contributed by atoms with E-state index in [-0.39, 0.29) is 23.1 Å². The van der Waals surface area contributed by atoms with Crippen molar-refractivity contribution >= 4 is 12.0 Å². The van der Waals surface area contributed by atoms with E-state index in [1.165, 1.54) is 0 Å². The predicted molar refractivity (Wildman–Crippen MR) is 137 cm³/mol. The van der Waals surface area contributed by atoms with Gasteiger partial charge in [-0.05, 0) is 77.2 Å². The molecule has 8 heteroatoms. The topological polar surface area (TPSA) is 95.0 Å². The van der Waals surface area contributed by atoms with E-state index in [9.17, 15) is 14.7 Å². The zero-order chi connectivity index (χ0) is 25.8. The fourth-order valence-corrected chi connectivity index (χ4v) is 5.27. The highest BCUT2D eigenvalue weighted by atomic mass is 16.6. The van der Waals surface area contributed by atoms with E-state index in [2.05, 4.69) is 15.2 Å². The Morgan fingerprint density at radius 1 is 1.14 bits per heavy atom. The van der Waals surface area contributed by atoms with Gasteiger partial charge in [0.2, 0.25) is 5.91 Å². The molecule has 1 aromatic heterocycles. The summed E-state index contributed by atoms with van der Waals surface area (Å²) in [6, 6.07) is 10.6. The summed E-state index contributed by atoms with van der Waals surface area (Å²) in [5.41, 5.74) is 0.875. The standard InChI is InChI=1S/C28H38N4O4/c1-27(2,3)36-26(35)30-23(22-8-4-5-9-24(22)33)10-15-31-16-11-28(12-17-31)13-18-32(25(28)34)20-21-7-6-14-29-19-21/h4-9,14,19,23,33H,10-13,15-18,20H2,1-3H3,(H,30,35). The lowest BCUT2D eigenvalue weighted by Gasteiger charge is -2.38. The van der Waals surface area contributed by atoms with Crippen molar-refractivity contribution in [3.05, 3.63) is 59.9 Å². The normalized spacial score (nSPS) is 18.9. The van der Waals surface area contributed by atoms with Crippen LogP contribution < -0.4 is 5.32 Å². The van der Waals surface area contributed by atoms with E-state index in [0.717, 1.165) is 51.0 Å². The monoisotopic (exact) mass is 494 g/mol. The number of alkyl carbamates (subject to hydrolysis) is 1. The Labute approximate surface area is 213 Å². The number of carbonyl (C=O) groups excluding carboxylic acids is 2.